The molecule has 24 heavy (non-hydrogen) atoms. The van der Waals surface area contributed by atoms with E-state index in [1.807, 2.05) is 0 Å². The summed E-state index contributed by atoms with van der Waals surface area (Å²) in [6.07, 6.45) is 0.303. The summed E-state index contributed by atoms with van der Waals surface area (Å²) in [5.41, 5.74) is -0.681. The van der Waals surface area contributed by atoms with Crippen LogP contribution in [0.3, 0.4) is 0 Å². The van der Waals surface area contributed by atoms with Gasteiger partial charge in [0.05, 0.1) is 16.5 Å². The molecule has 0 unspecified atom stereocenters. The molecule has 1 aromatic carbocycles. The first-order valence-electron chi connectivity index (χ1n) is 8.56. The molecule has 2 saturated carbocycles. The van der Waals surface area contributed by atoms with Crippen LogP contribution in [0.15, 0.2) is 24.3 Å². The third-order valence-electron chi connectivity index (χ3n) is 5.66. The second-order valence-electron chi connectivity index (χ2n) is 7.52. The minimum absolute atomic E-state index is 0.0136. The highest BCUT2D eigenvalue weighted by molar-refractivity contribution is 5.92. The van der Waals surface area contributed by atoms with E-state index < -0.39 is 17.2 Å². The molecule has 1 aromatic rings. The number of carbonyl (C=O) groups excluding carboxylic acids is 1. The van der Waals surface area contributed by atoms with Crippen LogP contribution in [0.1, 0.15) is 43.2 Å². The van der Waals surface area contributed by atoms with E-state index in [4.69, 9.17) is 0 Å². The summed E-state index contributed by atoms with van der Waals surface area (Å²) in [6, 6.07) is 5.08. The van der Waals surface area contributed by atoms with Gasteiger partial charge in [-0.3, -0.25) is 4.79 Å². The summed E-state index contributed by atoms with van der Waals surface area (Å²) >= 11 is 0. The van der Waals surface area contributed by atoms with Crippen molar-refractivity contribution < 1.29 is 18.0 Å². The third-order valence-corrected chi connectivity index (χ3v) is 5.66. The summed E-state index contributed by atoms with van der Waals surface area (Å²) in [5.74, 6) is -0.0136. The Hall–Kier alpha value is -1.56. The molecule has 3 nitrogen and oxygen atoms in total. The molecule has 6 heteroatoms. The Morgan fingerprint density at radius 1 is 1.08 bits per heavy atom. The lowest BCUT2D eigenvalue weighted by Crippen LogP contribution is -2.52. The summed E-state index contributed by atoms with van der Waals surface area (Å²) in [7, 11) is 0. The first kappa shape index (κ1) is 15.9. The number of amides is 1. The summed E-state index contributed by atoms with van der Waals surface area (Å²) in [4.78, 5) is 15.2. The van der Waals surface area contributed by atoms with Crippen LogP contribution in [-0.2, 0) is 16.4 Å². The number of halogens is 3. The molecule has 4 rings (SSSR count). The van der Waals surface area contributed by atoms with Crippen molar-refractivity contribution in [2.24, 2.45) is 0 Å². The van der Waals surface area contributed by atoms with Crippen LogP contribution in [0.2, 0.25) is 0 Å². The predicted octanol–water partition coefficient (Wildman–Crippen LogP) is 3.09. The molecule has 2 aliphatic carbocycles. The normalized spacial score (nSPS) is 24.1. The molecule has 3 fully saturated rings. The Labute approximate surface area is 139 Å². The van der Waals surface area contributed by atoms with Gasteiger partial charge in [0.2, 0.25) is 5.91 Å². The van der Waals surface area contributed by atoms with E-state index in [0.717, 1.165) is 44.6 Å². The molecule has 1 aliphatic heterocycles. The first-order valence-corrected chi connectivity index (χ1v) is 8.56. The van der Waals surface area contributed by atoms with Crippen molar-refractivity contribution in [1.29, 1.82) is 0 Å². The van der Waals surface area contributed by atoms with Crippen molar-refractivity contribution in [3.05, 3.63) is 35.4 Å². The van der Waals surface area contributed by atoms with Crippen LogP contribution in [-0.4, -0.2) is 36.0 Å². The fraction of sp³-hybridized carbons (Fsp3) is 0.611. The largest absolute Gasteiger partial charge is 0.416 e. The second-order valence-corrected chi connectivity index (χ2v) is 7.52. The smallest absolute Gasteiger partial charge is 0.349 e. The van der Waals surface area contributed by atoms with Gasteiger partial charge in [-0.25, -0.2) is 0 Å². The summed E-state index contributed by atoms with van der Waals surface area (Å²) in [6.45, 7) is 3.10. The van der Waals surface area contributed by atoms with Gasteiger partial charge in [0.25, 0.3) is 0 Å². The molecule has 0 bridgehead atoms. The van der Waals surface area contributed by atoms with E-state index in [2.05, 4.69) is 10.2 Å². The Kier molecular flexibility index (Phi) is 3.46. The molecule has 0 aromatic heterocycles. The zero-order chi connectivity index (χ0) is 17.0. The highest BCUT2D eigenvalue weighted by Gasteiger charge is 2.55. The minimum atomic E-state index is -4.34. The molecule has 0 radical (unpaired) electrons. The molecular weight excluding hydrogens is 317 g/mol. The van der Waals surface area contributed by atoms with Gasteiger partial charge >= 0.3 is 6.18 Å². The average molecular weight is 338 g/mol. The maximum absolute atomic E-state index is 12.8. The van der Waals surface area contributed by atoms with Gasteiger partial charge in [0.1, 0.15) is 0 Å². The maximum atomic E-state index is 12.8. The SMILES string of the molecule is O=C(NC1(CN2CCC2)CC1)C1(c2ccc(C(F)(F)F)cc2)CC1. The quantitative estimate of drug-likeness (QED) is 0.895. The van der Waals surface area contributed by atoms with Gasteiger partial charge in [-0.05, 0) is 62.9 Å². The van der Waals surface area contributed by atoms with Gasteiger partial charge in [0, 0.05) is 6.54 Å². The van der Waals surface area contributed by atoms with Crippen molar-refractivity contribution >= 4 is 5.91 Å². The van der Waals surface area contributed by atoms with E-state index in [0.29, 0.717) is 18.4 Å². The minimum Gasteiger partial charge on any atom is -0.349 e. The van der Waals surface area contributed by atoms with Crippen molar-refractivity contribution in [2.45, 2.75) is 49.2 Å². The summed E-state index contributed by atoms with van der Waals surface area (Å²) < 4.78 is 38.1. The molecule has 1 amide bonds. The molecule has 3 aliphatic rings. The van der Waals surface area contributed by atoms with Gasteiger partial charge in [-0.1, -0.05) is 12.1 Å². The fourth-order valence-corrected chi connectivity index (χ4v) is 3.55. The number of nitrogens with one attached hydrogen (secondary N) is 1. The molecule has 0 atom stereocenters. The fourth-order valence-electron chi connectivity index (χ4n) is 3.55. The number of hydrogen-bond donors (Lipinski definition) is 1. The van der Waals surface area contributed by atoms with Crippen molar-refractivity contribution in [3.63, 3.8) is 0 Å². The van der Waals surface area contributed by atoms with Gasteiger partial charge in [-0.15, -0.1) is 0 Å². The highest BCUT2D eigenvalue weighted by atomic mass is 19.4. The molecule has 130 valence electrons. The number of hydrogen-bond acceptors (Lipinski definition) is 2. The number of carbonyl (C=O) groups is 1. The zero-order valence-corrected chi connectivity index (χ0v) is 13.5. The molecule has 1 N–H and O–H groups in total. The second kappa shape index (κ2) is 5.22. The van der Waals surface area contributed by atoms with Crippen molar-refractivity contribution in [3.8, 4) is 0 Å². The van der Waals surface area contributed by atoms with Crippen LogP contribution in [0.25, 0.3) is 0 Å². The lowest BCUT2D eigenvalue weighted by atomic mass is 9.93. The predicted molar refractivity (Wildman–Crippen MR) is 83.5 cm³/mol. The monoisotopic (exact) mass is 338 g/mol. The highest BCUT2D eigenvalue weighted by Crippen LogP contribution is 2.50. The Balaban J connectivity index is 1.46. The average Bonchev–Trinajstić information content (AvgIpc) is 3.38. The molecule has 1 saturated heterocycles. The van der Waals surface area contributed by atoms with E-state index in [9.17, 15) is 18.0 Å². The van der Waals surface area contributed by atoms with Crippen molar-refractivity contribution in [2.75, 3.05) is 19.6 Å². The van der Waals surface area contributed by atoms with Crippen LogP contribution >= 0.6 is 0 Å². The maximum Gasteiger partial charge on any atom is 0.416 e. The number of alkyl halides is 3. The van der Waals surface area contributed by atoms with Crippen LogP contribution in [0.4, 0.5) is 13.2 Å². The molecule has 1 heterocycles. The Morgan fingerprint density at radius 3 is 2.12 bits per heavy atom. The standard InChI is InChI=1S/C18H21F3N2O/c19-18(20,21)14-4-2-13(3-5-14)17(8-9-17)15(24)22-16(6-7-16)12-23-10-1-11-23/h2-5H,1,6-12H2,(H,22,24). The lowest BCUT2D eigenvalue weighted by molar-refractivity contribution is -0.137. The third kappa shape index (κ3) is 2.81. The Morgan fingerprint density at radius 2 is 1.71 bits per heavy atom. The number of benzene rings is 1. The molecule has 0 spiro atoms. The topological polar surface area (TPSA) is 32.3 Å². The first-order chi connectivity index (χ1) is 11.3. The zero-order valence-electron chi connectivity index (χ0n) is 13.5. The number of rotatable bonds is 5. The van der Waals surface area contributed by atoms with E-state index in [1.165, 1.54) is 18.6 Å². The lowest BCUT2D eigenvalue weighted by Gasteiger charge is -2.35. The van der Waals surface area contributed by atoms with Crippen LogP contribution in [0, 0.1) is 0 Å². The van der Waals surface area contributed by atoms with E-state index in [-0.39, 0.29) is 11.4 Å². The Bertz CT molecular complexity index is 641. The van der Waals surface area contributed by atoms with Crippen LogP contribution < -0.4 is 5.32 Å². The van der Waals surface area contributed by atoms with Gasteiger partial charge < -0.3 is 10.2 Å². The van der Waals surface area contributed by atoms with E-state index in [1.54, 1.807) is 0 Å². The van der Waals surface area contributed by atoms with Gasteiger partial charge in [0.15, 0.2) is 0 Å². The number of likely N-dealkylation sites (tertiary alicyclic amines) is 1. The molecular formula is C18H21F3N2O. The van der Waals surface area contributed by atoms with Crippen molar-refractivity contribution in [1.82, 2.24) is 10.2 Å². The van der Waals surface area contributed by atoms with E-state index >= 15 is 0 Å². The van der Waals surface area contributed by atoms with Crippen LogP contribution in [0.5, 0.6) is 0 Å². The summed E-state index contributed by atoms with van der Waals surface area (Å²) in [5, 5.41) is 3.21. The number of nitrogens with zero attached hydrogens (tertiary/aromatic N) is 1. The van der Waals surface area contributed by atoms with Gasteiger partial charge in [-0.2, -0.15) is 13.2 Å².